The van der Waals surface area contributed by atoms with Crippen LogP contribution in [0, 0.1) is 0 Å². The van der Waals surface area contributed by atoms with E-state index in [0.29, 0.717) is 5.69 Å². The number of nitrogen functional groups attached to an aromatic ring is 1. The van der Waals surface area contributed by atoms with Crippen LogP contribution in [-0.2, 0) is 4.79 Å². The molecule has 0 radical (unpaired) electrons. The Morgan fingerprint density at radius 3 is 2.63 bits per heavy atom. The van der Waals surface area contributed by atoms with Crippen molar-refractivity contribution < 1.29 is 4.79 Å². The highest BCUT2D eigenvalue weighted by atomic mass is 16.2. The second-order valence-electron chi connectivity index (χ2n) is 5.57. The van der Waals surface area contributed by atoms with Crippen molar-refractivity contribution in [1.29, 1.82) is 0 Å². The van der Waals surface area contributed by atoms with Gasteiger partial charge in [0.2, 0.25) is 5.91 Å². The van der Waals surface area contributed by atoms with Crippen molar-refractivity contribution in [2.45, 2.75) is 45.7 Å². The third-order valence-corrected chi connectivity index (χ3v) is 3.93. The van der Waals surface area contributed by atoms with E-state index in [0.717, 1.165) is 12.1 Å². The van der Waals surface area contributed by atoms with Gasteiger partial charge < -0.3 is 11.1 Å². The number of benzene rings is 1. The van der Waals surface area contributed by atoms with Crippen molar-refractivity contribution in [2.75, 3.05) is 18.1 Å². The Hall–Kier alpha value is -1.55. The zero-order valence-electron chi connectivity index (χ0n) is 12.5. The Bertz CT molecular complexity index is 443. The summed E-state index contributed by atoms with van der Waals surface area (Å²) in [5.74, 6) is -0.0189. The summed E-state index contributed by atoms with van der Waals surface area (Å²) in [5.41, 5.74) is 7.07. The van der Waals surface area contributed by atoms with Crippen LogP contribution < -0.4 is 11.1 Å². The number of likely N-dealkylation sites (N-methyl/N-ethyl adjacent to an activating group) is 1. The van der Waals surface area contributed by atoms with E-state index in [4.69, 9.17) is 5.73 Å². The van der Waals surface area contributed by atoms with Gasteiger partial charge in [0.25, 0.3) is 0 Å². The van der Waals surface area contributed by atoms with E-state index in [9.17, 15) is 4.79 Å². The van der Waals surface area contributed by atoms with E-state index >= 15 is 0 Å². The molecule has 1 aromatic rings. The molecule has 0 saturated heterocycles. The molecule has 0 aliphatic heterocycles. The standard InChI is InChI=1S/C15H25N3O/c1-6-15(3,4)18(5)11(2)14(19)17-13-9-7-8-12(16)10-13/h7-11H,6,16H2,1-5H3,(H,17,19). The first-order valence-electron chi connectivity index (χ1n) is 6.67. The lowest BCUT2D eigenvalue weighted by Crippen LogP contribution is -2.50. The summed E-state index contributed by atoms with van der Waals surface area (Å²) in [5, 5.41) is 2.90. The number of nitrogens with one attached hydrogen (secondary N) is 1. The van der Waals surface area contributed by atoms with Crippen LogP contribution in [0.5, 0.6) is 0 Å². The summed E-state index contributed by atoms with van der Waals surface area (Å²) in [6.45, 7) is 8.31. The molecule has 1 rings (SSSR count). The van der Waals surface area contributed by atoms with Crippen LogP contribution in [0.1, 0.15) is 34.1 Å². The maximum atomic E-state index is 12.2. The zero-order chi connectivity index (χ0) is 14.6. The SMILES string of the molecule is CCC(C)(C)N(C)C(C)C(=O)Nc1cccc(N)c1. The van der Waals surface area contributed by atoms with Gasteiger partial charge >= 0.3 is 0 Å². The molecule has 4 nitrogen and oxygen atoms in total. The lowest BCUT2D eigenvalue weighted by atomic mass is 9.98. The first-order chi connectivity index (χ1) is 8.77. The molecule has 4 heteroatoms. The van der Waals surface area contributed by atoms with Gasteiger partial charge in [0.05, 0.1) is 6.04 Å². The maximum absolute atomic E-state index is 12.2. The number of anilines is 2. The largest absolute Gasteiger partial charge is 0.399 e. The molecule has 0 bridgehead atoms. The number of amides is 1. The molecule has 0 aliphatic carbocycles. The van der Waals surface area contributed by atoms with Crippen LogP contribution >= 0.6 is 0 Å². The molecule has 1 amide bonds. The average Bonchev–Trinajstić information content (AvgIpc) is 2.36. The van der Waals surface area contributed by atoms with Crippen molar-refractivity contribution >= 4 is 17.3 Å². The van der Waals surface area contributed by atoms with Gasteiger partial charge in [-0.05, 0) is 52.4 Å². The van der Waals surface area contributed by atoms with Crippen LogP contribution in [0.4, 0.5) is 11.4 Å². The Morgan fingerprint density at radius 1 is 1.47 bits per heavy atom. The number of nitrogens with two attached hydrogens (primary N) is 1. The molecule has 0 spiro atoms. The third-order valence-electron chi connectivity index (χ3n) is 3.93. The van der Waals surface area contributed by atoms with Crippen molar-refractivity contribution in [1.82, 2.24) is 4.90 Å². The summed E-state index contributed by atoms with van der Waals surface area (Å²) >= 11 is 0. The van der Waals surface area contributed by atoms with E-state index in [2.05, 4.69) is 31.0 Å². The highest BCUT2D eigenvalue weighted by molar-refractivity contribution is 5.94. The molecule has 0 fully saturated rings. The van der Waals surface area contributed by atoms with Gasteiger partial charge in [-0.15, -0.1) is 0 Å². The maximum Gasteiger partial charge on any atom is 0.241 e. The summed E-state index contributed by atoms with van der Waals surface area (Å²) in [4.78, 5) is 14.3. The average molecular weight is 263 g/mol. The predicted octanol–water partition coefficient (Wildman–Crippen LogP) is 2.72. The Balaban J connectivity index is 2.73. The minimum Gasteiger partial charge on any atom is -0.399 e. The molecule has 0 saturated carbocycles. The Kier molecular flexibility index (Phi) is 4.95. The van der Waals surface area contributed by atoms with E-state index in [1.165, 1.54) is 0 Å². The van der Waals surface area contributed by atoms with Gasteiger partial charge in [-0.25, -0.2) is 0 Å². The molecule has 19 heavy (non-hydrogen) atoms. The fraction of sp³-hybridized carbons (Fsp3) is 0.533. The van der Waals surface area contributed by atoms with E-state index < -0.39 is 0 Å². The minimum absolute atomic E-state index is 0.00747. The number of hydrogen-bond donors (Lipinski definition) is 2. The molecule has 106 valence electrons. The lowest BCUT2D eigenvalue weighted by Gasteiger charge is -2.38. The van der Waals surface area contributed by atoms with E-state index in [-0.39, 0.29) is 17.5 Å². The summed E-state index contributed by atoms with van der Waals surface area (Å²) in [7, 11) is 1.98. The number of nitrogens with zero attached hydrogens (tertiary/aromatic N) is 1. The number of carbonyl (C=O) groups is 1. The molecular weight excluding hydrogens is 238 g/mol. The Morgan fingerprint density at radius 2 is 2.11 bits per heavy atom. The van der Waals surface area contributed by atoms with Crippen molar-refractivity contribution in [3.8, 4) is 0 Å². The van der Waals surface area contributed by atoms with E-state index in [1.54, 1.807) is 12.1 Å². The fourth-order valence-corrected chi connectivity index (χ4v) is 1.81. The first-order valence-corrected chi connectivity index (χ1v) is 6.67. The summed E-state index contributed by atoms with van der Waals surface area (Å²) in [6, 6.07) is 7.03. The van der Waals surface area contributed by atoms with Crippen molar-refractivity contribution in [2.24, 2.45) is 0 Å². The molecule has 0 aromatic heterocycles. The lowest BCUT2D eigenvalue weighted by molar-refractivity contribution is -0.122. The van der Waals surface area contributed by atoms with Crippen LogP contribution in [0.25, 0.3) is 0 Å². The van der Waals surface area contributed by atoms with Gasteiger partial charge in [0.15, 0.2) is 0 Å². The fourth-order valence-electron chi connectivity index (χ4n) is 1.81. The molecule has 0 aliphatic rings. The molecule has 0 heterocycles. The third kappa shape index (κ3) is 3.96. The van der Waals surface area contributed by atoms with Crippen molar-refractivity contribution in [3.05, 3.63) is 24.3 Å². The second-order valence-corrected chi connectivity index (χ2v) is 5.57. The quantitative estimate of drug-likeness (QED) is 0.803. The molecular formula is C15H25N3O. The number of hydrogen-bond acceptors (Lipinski definition) is 3. The van der Waals surface area contributed by atoms with Crippen LogP contribution in [0.3, 0.4) is 0 Å². The van der Waals surface area contributed by atoms with Gasteiger partial charge in [-0.1, -0.05) is 13.0 Å². The number of carbonyl (C=O) groups excluding carboxylic acids is 1. The predicted molar refractivity (Wildman–Crippen MR) is 81.1 cm³/mol. The van der Waals surface area contributed by atoms with Gasteiger partial charge in [0.1, 0.15) is 0 Å². The van der Waals surface area contributed by atoms with Crippen LogP contribution in [0.15, 0.2) is 24.3 Å². The highest BCUT2D eigenvalue weighted by Crippen LogP contribution is 2.20. The highest BCUT2D eigenvalue weighted by Gasteiger charge is 2.29. The van der Waals surface area contributed by atoms with E-state index in [1.807, 2.05) is 26.1 Å². The minimum atomic E-state index is -0.198. The van der Waals surface area contributed by atoms with Crippen LogP contribution in [0.2, 0.25) is 0 Å². The molecule has 1 atom stereocenters. The van der Waals surface area contributed by atoms with Gasteiger partial charge in [-0.3, -0.25) is 9.69 Å². The Labute approximate surface area is 116 Å². The number of rotatable bonds is 5. The van der Waals surface area contributed by atoms with Gasteiger partial charge in [-0.2, -0.15) is 0 Å². The topological polar surface area (TPSA) is 58.4 Å². The normalized spacial score (nSPS) is 13.4. The molecule has 3 N–H and O–H groups in total. The van der Waals surface area contributed by atoms with Gasteiger partial charge in [0, 0.05) is 16.9 Å². The molecule has 1 aromatic carbocycles. The zero-order valence-corrected chi connectivity index (χ0v) is 12.5. The first kappa shape index (κ1) is 15.5. The molecule has 1 unspecified atom stereocenters. The summed E-state index contributed by atoms with van der Waals surface area (Å²) < 4.78 is 0. The van der Waals surface area contributed by atoms with Crippen molar-refractivity contribution in [3.63, 3.8) is 0 Å². The second kappa shape index (κ2) is 6.06. The van der Waals surface area contributed by atoms with Crippen LogP contribution in [-0.4, -0.2) is 29.4 Å². The smallest absolute Gasteiger partial charge is 0.241 e. The monoisotopic (exact) mass is 263 g/mol. The summed E-state index contributed by atoms with van der Waals surface area (Å²) in [6.07, 6.45) is 0.986.